The zero-order chi connectivity index (χ0) is 21.9. The predicted octanol–water partition coefficient (Wildman–Crippen LogP) is 4.58. The van der Waals surface area contributed by atoms with Crippen molar-refractivity contribution in [1.29, 1.82) is 0 Å². The van der Waals surface area contributed by atoms with E-state index < -0.39 is 0 Å². The highest BCUT2D eigenvalue weighted by atomic mass is 16.5. The van der Waals surface area contributed by atoms with E-state index in [-0.39, 0.29) is 6.04 Å². The fourth-order valence-corrected chi connectivity index (χ4v) is 4.47. The van der Waals surface area contributed by atoms with E-state index in [9.17, 15) is 0 Å². The second kappa shape index (κ2) is 8.83. The summed E-state index contributed by atoms with van der Waals surface area (Å²) in [4.78, 5) is 2.46. The smallest absolute Gasteiger partial charge is 0.178 e. The van der Waals surface area contributed by atoms with Crippen molar-refractivity contribution in [3.05, 3.63) is 101 Å². The topological polar surface area (TPSA) is 56.1 Å². The second-order valence-electron chi connectivity index (χ2n) is 8.28. The van der Waals surface area contributed by atoms with Gasteiger partial charge in [-0.15, -0.1) is 5.10 Å². The van der Waals surface area contributed by atoms with Gasteiger partial charge < -0.3 is 9.64 Å². The van der Waals surface area contributed by atoms with Crippen LogP contribution in [0.2, 0.25) is 0 Å². The molecule has 0 N–H and O–H groups in total. The molecule has 1 aliphatic rings. The molecule has 4 aromatic rings. The molecule has 1 aromatic heterocycles. The maximum atomic E-state index is 5.29. The van der Waals surface area contributed by atoms with Crippen molar-refractivity contribution in [2.24, 2.45) is 0 Å². The number of hydrogen-bond donors (Lipinski definition) is 0. The number of hydrogen-bond acceptors (Lipinski definition) is 5. The first-order valence-electron chi connectivity index (χ1n) is 11.0. The molecule has 162 valence electrons. The lowest BCUT2D eigenvalue weighted by Crippen LogP contribution is -2.36. The molecule has 6 heteroatoms. The third-order valence-electron chi connectivity index (χ3n) is 6.15. The summed E-state index contributed by atoms with van der Waals surface area (Å²) in [6, 6.07) is 25.4. The monoisotopic (exact) mass is 425 g/mol. The molecule has 3 aromatic carbocycles. The van der Waals surface area contributed by atoms with Crippen molar-refractivity contribution >= 4 is 5.69 Å². The summed E-state index contributed by atoms with van der Waals surface area (Å²) in [5.74, 6) is 1.69. The van der Waals surface area contributed by atoms with Crippen LogP contribution in [0, 0.1) is 6.92 Å². The van der Waals surface area contributed by atoms with Gasteiger partial charge in [-0.25, -0.2) is 4.68 Å². The highest BCUT2D eigenvalue weighted by Crippen LogP contribution is 2.37. The molecule has 0 fully saturated rings. The molecule has 0 aliphatic carbocycles. The van der Waals surface area contributed by atoms with Gasteiger partial charge in [-0.3, -0.25) is 0 Å². The Bertz CT molecular complexity index is 1180. The van der Waals surface area contributed by atoms with Crippen LogP contribution in [0.3, 0.4) is 0 Å². The third-order valence-corrected chi connectivity index (χ3v) is 6.15. The Morgan fingerprint density at radius 1 is 0.969 bits per heavy atom. The molecule has 0 spiro atoms. The second-order valence-corrected chi connectivity index (χ2v) is 8.28. The van der Waals surface area contributed by atoms with Crippen molar-refractivity contribution in [2.45, 2.75) is 32.4 Å². The third kappa shape index (κ3) is 3.96. The summed E-state index contributed by atoms with van der Waals surface area (Å²) < 4.78 is 7.21. The average molecular weight is 426 g/mol. The van der Waals surface area contributed by atoms with Crippen molar-refractivity contribution < 1.29 is 4.74 Å². The first kappa shape index (κ1) is 20.2. The lowest BCUT2D eigenvalue weighted by Gasteiger charge is -2.37. The molecule has 1 atom stereocenters. The molecule has 5 rings (SSSR count). The highest BCUT2D eigenvalue weighted by Gasteiger charge is 2.31. The van der Waals surface area contributed by atoms with Crippen LogP contribution in [0.4, 0.5) is 5.69 Å². The van der Waals surface area contributed by atoms with Crippen LogP contribution in [-0.4, -0.2) is 33.9 Å². The van der Waals surface area contributed by atoms with Crippen LogP contribution >= 0.6 is 0 Å². The molecule has 0 saturated heterocycles. The largest absolute Gasteiger partial charge is 0.497 e. The van der Waals surface area contributed by atoms with Gasteiger partial charge >= 0.3 is 0 Å². The maximum absolute atomic E-state index is 5.29. The minimum absolute atomic E-state index is 0.0645. The Labute approximate surface area is 188 Å². The van der Waals surface area contributed by atoms with Crippen LogP contribution in [0.25, 0.3) is 0 Å². The molecular formula is C26H27N5O. The van der Waals surface area contributed by atoms with Gasteiger partial charge in [0.25, 0.3) is 0 Å². The summed E-state index contributed by atoms with van der Waals surface area (Å²) in [7, 11) is 1.68. The zero-order valence-electron chi connectivity index (χ0n) is 18.5. The molecule has 1 aliphatic heterocycles. The summed E-state index contributed by atoms with van der Waals surface area (Å²) in [6.07, 6.45) is 2.21. The molecule has 6 nitrogen and oxygen atoms in total. The Hall–Kier alpha value is -3.67. The molecule has 0 saturated carbocycles. The van der Waals surface area contributed by atoms with Crippen LogP contribution in [0.1, 0.15) is 40.5 Å². The van der Waals surface area contributed by atoms with Crippen LogP contribution in [0.5, 0.6) is 5.75 Å². The minimum atomic E-state index is -0.0645. The van der Waals surface area contributed by atoms with Crippen molar-refractivity contribution in [3.8, 4) is 5.75 Å². The molecule has 0 bridgehead atoms. The van der Waals surface area contributed by atoms with E-state index in [4.69, 9.17) is 4.74 Å². The molecular weight excluding hydrogens is 398 g/mol. The van der Waals surface area contributed by atoms with Crippen molar-refractivity contribution in [2.75, 3.05) is 18.6 Å². The highest BCUT2D eigenvalue weighted by molar-refractivity contribution is 5.58. The van der Waals surface area contributed by atoms with Gasteiger partial charge in [-0.2, -0.15) is 0 Å². The van der Waals surface area contributed by atoms with Gasteiger partial charge in [0.1, 0.15) is 11.8 Å². The Balaban J connectivity index is 1.57. The number of fused-ring (bicyclic) bond motifs is 1. The van der Waals surface area contributed by atoms with Crippen LogP contribution < -0.4 is 9.64 Å². The first-order valence-corrected chi connectivity index (χ1v) is 11.0. The van der Waals surface area contributed by atoms with Gasteiger partial charge in [-0.1, -0.05) is 60.2 Å². The summed E-state index contributed by atoms with van der Waals surface area (Å²) in [5, 5.41) is 13.0. The van der Waals surface area contributed by atoms with E-state index in [1.807, 2.05) is 16.8 Å². The number of para-hydroxylation sites is 1. The Morgan fingerprint density at radius 2 is 1.75 bits per heavy atom. The number of rotatable bonds is 6. The minimum Gasteiger partial charge on any atom is -0.497 e. The van der Waals surface area contributed by atoms with E-state index in [1.54, 1.807) is 7.11 Å². The van der Waals surface area contributed by atoms with Gasteiger partial charge in [0, 0.05) is 12.2 Å². The van der Waals surface area contributed by atoms with E-state index in [1.165, 1.54) is 22.4 Å². The van der Waals surface area contributed by atoms with E-state index >= 15 is 0 Å². The Morgan fingerprint density at radius 3 is 2.53 bits per heavy atom. The number of nitrogens with zero attached hydrogens (tertiary/aromatic N) is 5. The first-order chi connectivity index (χ1) is 15.7. The number of tetrazole rings is 1. The van der Waals surface area contributed by atoms with E-state index in [0.717, 1.165) is 36.5 Å². The fraction of sp³-hybridized carbons (Fsp3) is 0.269. The standard InChI is InChI=1S/C26H27N5O/c1-19-9-13-22(14-10-19)25(30-17-5-7-21-6-3-4-8-24(21)30)26-27-28-29-31(26)18-20-11-15-23(32-2)16-12-20/h3-4,6,8-16,25H,5,7,17-18H2,1-2H3/t25-/m0/s1. The summed E-state index contributed by atoms with van der Waals surface area (Å²) >= 11 is 0. The lowest BCUT2D eigenvalue weighted by molar-refractivity contribution is 0.414. The van der Waals surface area contributed by atoms with Gasteiger partial charge in [0.2, 0.25) is 0 Å². The van der Waals surface area contributed by atoms with Crippen molar-refractivity contribution in [1.82, 2.24) is 20.2 Å². The summed E-state index contributed by atoms with van der Waals surface area (Å²) in [6.45, 7) is 3.68. The summed E-state index contributed by atoms with van der Waals surface area (Å²) in [5.41, 5.74) is 6.21. The normalized spacial score (nSPS) is 14.1. The van der Waals surface area contributed by atoms with Crippen LogP contribution in [0.15, 0.2) is 72.8 Å². The number of aryl methyl sites for hydroxylation is 2. The van der Waals surface area contributed by atoms with Crippen molar-refractivity contribution in [3.63, 3.8) is 0 Å². The number of anilines is 1. The fourth-order valence-electron chi connectivity index (χ4n) is 4.47. The molecule has 0 amide bonds. The number of aromatic nitrogens is 4. The maximum Gasteiger partial charge on any atom is 0.178 e. The zero-order valence-corrected chi connectivity index (χ0v) is 18.5. The number of benzene rings is 3. The van der Waals surface area contributed by atoms with Gasteiger partial charge in [-0.05, 0) is 65.1 Å². The molecule has 32 heavy (non-hydrogen) atoms. The molecule has 2 heterocycles. The Kier molecular flexibility index (Phi) is 5.58. The number of methoxy groups -OCH3 is 1. The van der Waals surface area contributed by atoms with Gasteiger partial charge in [0.15, 0.2) is 5.82 Å². The molecule has 0 radical (unpaired) electrons. The van der Waals surface area contributed by atoms with Gasteiger partial charge in [0.05, 0.1) is 13.7 Å². The lowest BCUT2D eigenvalue weighted by atomic mass is 9.96. The number of ether oxygens (including phenoxy) is 1. The van der Waals surface area contributed by atoms with Crippen LogP contribution in [-0.2, 0) is 13.0 Å². The predicted molar refractivity (Wildman–Crippen MR) is 125 cm³/mol. The van der Waals surface area contributed by atoms with E-state index in [0.29, 0.717) is 6.54 Å². The molecule has 0 unspecified atom stereocenters. The van der Waals surface area contributed by atoms with E-state index in [2.05, 4.69) is 88.0 Å². The average Bonchev–Trinajstić information content (AvgIpc) is 3.29. The quantitative estimate of drug-likeness (QED) is 0.453. The SMILES string of the molecule is COc1ccc(Cn2nnnc2[C@H](c2ccc(C)cc2)N2CCCc3ccccc32)cc1.